The number of nitrogens with zero attached hydrogens (tertiary/aromatic N) is 3. The number of hydrogen-bond donors (Lipinski definition) is 1. The second kappa shape index (κ2) is 7.22. The summed E-state index contributed by atoms with van der Waals surface area (Å²) >= 11 is 0. The molecule has 1 N–H and O–H groups in total. The number of ether oxygens (including phenoxy) is 1. The first-order chi connectivity index (χ1) is 10.1. The molecule has 0 bridgehead atoms. The van der Waals surface area contributed by atoms with Gasteiger partial charge in [0.2, 0.25) is 0 Å². The lowest BCUT2D eigenvalue weighted by molar-refractivity contribution is 0.241. The average Bonchev–Trinajstić information content (AvgIpc) is 2.85. The van der Waals surface area contributed by atoms with Gasteiger partial charge in [0.15, 0.2) is 0 Å². The molecule has 2 rings (SSSR count). The largest absolute Gasteiger partial charge is 0.489 e. The minimum absolute atomic E-state index is 0.0364. The van der Waals surface area contributed by atoms with Crippen LogP contribution in [0, 0.1) is 0 Å². The van der Waals surface area contributed by atoms with E-state index >= 15 is 0 Å². The van der Waals surface area contributed by atoms with Crippen molar-refractivity contribution >= 4 is 0 Å². The summed E-state index contributed by atoms with van der Waals surface area (Å²) in [6.45, 7) is 7.10. The van der Waals surface area contributed by atoms with Crippen molar-refractivity contribution in [2.24, 2.45) is 7.05 Å². The van der Waals surface area contributed by atoms with Gasteiger partial charge in [-0.2, -0.15) is 0 Å². The number of imidazole rings is 1. The van der Waals surface area contributed by atoms with Gasteiger partial charge in [0.25, 0.3) is 0 Å². The number of aromatic nitrogens is 3. The number of hydrogen-bond acceptors (Lipinski definition) is 4. The molecule has 0 aliphatic heterocycles. The molecule has 0 amide bonds. The maximum absolute atomic E-state index is 5.73. The van der Waals surface area contributed by atoms with Crippen LogP contribution in [0.1, 0.15) is 44.5 Å². The Balaban J connectivity index is 2.27. The third-order valence-electron chi connectivity index (χ3n) is 3.06. The third kappa shape index (κ3) is 4.29. The second-order valence-electron chi connectivity index (χ2n) is 5.47. The zero-order valence-electron chi connectivity index (χ0n) is 13.2. The fraction of sp³-hybridized carbons (Fsp3) is 0.500. The van der Waals surface area contributed by atoms with Crippen molar-refractivity contribution in [3.63, 3.8) is 0 Å². The Hall–Kier alpha value is -1.88. The van der Waals surface area contributed by atoms with Crippen molar-refractivity contribution in [3.05, 3.63) is 42.2 Å². The van der Waals surface area contributed by atoms with Crippen LogP contribution in [0.2, 0.25) is 0 Å². The van der Waals surface area contributed by atoms with Gasteiger partial charge >= 0.3 is 0 Å². The van der Waals surface area contributed by atoms with E-state index in [1.54, 1.807) is 6.20 Å². The van der Waals surface area contributed by atoms with Gasteiger partial charge in [-0.1, -0.05) is 6.92 Å². The highest BCUT2D eigenvalue weighted by atomic mass is 16.5. The van der Waals surface area contributed by atoms with Gasteiger partial charge in [-0.3, -0.25) is 4.98 Å². The van der Waals surface area contributed by atoms with E-state index in [9.17, 15) is 0 Å². The van der Waals surface area contributed by atoms with E-state index < -0.39 is 0 Å². The molecule has 2 aromatic rings. The van der Waals surface area contributed by atoms with Gasteiger partial charge in [0, 0.05) is 19.4 Å². The summed E-state index contributed by atoms with van der Waals surface area (Å²) in [7, 11) is 1.98. The minimum atomic E-state index is 0.0364. The lowest BCUT2D eigenvalue weighted by Gasteiger charge is -2.18. The maximum Gasteiger partial charge on any atom is 0.138 e. The van der Waals surface area contributed by atoms with Crippen molar-refractivity contribution in [2.75, 3.05) is 6.54 Å². The van der Waals surface area contributed by atoms with E-state index in [0.29, 0.717) is 0 Å². The highest BCUT2D eigenvalue weighted by Crippen LogP contribution is 2.23. The van der Waals surface area contributed by atoms with Crippen molar-refractivity contribution in [1.29, 1.82) is 0 Å². The lowest BCUT2D eigenvalue weighted by Crippen LogP contribution is -2.23. The lowest BCUT2D eigenvalue weighted by atomic mass is 10.1. The van der Waals surface area contributed by atoms with Gasteiger partial charge in [-0.15, -0.1) is 0 Å². The molecule has 0 spiro atoms. The van der Waals surface area contributed by atoms with Crippen molar-refractivity contribution < 1.29 is 4.74 Å². The summed E-state index contributed by atoms with van der Waals surface area (Å²) in [6.07, 6.45) is 8.67. The Bertz CT molecular complexity index is 565. The van der Waals surface area contributed by atoms with Gasteiger partial charge in [0.05, 0.1) is 30.4 Å². The zero-order chi connectivity index (χ0) is 15.2. The molecule has 0 aromatic carbocycles. The Morgan fingerprint density at radius 2 is 2.14 bits per heavy atom. The molecule has 0 aliphatic rings. The molecule has 0 fully saturated rings. The molecule has 0 saturated carbocycles. The van der Waals surface area contributed by atoms with Crippen LogP contribution in [-0.4, -0.2) is 27.2 Å². The SMILES string of the molecule is CCCNC(c1cncc(OC(C)C)c1)c1cn(C)cn1. The number of pyridine rings is 1. The van der Waals surface area contributed by atoms with Crippen molar-refractivity contribution in [1.82, 2.24) is 19.9 Å². The monoisotopic (exact) mass is 288 g/mol. The normalized spacial score (nSPS) is 12.6. The summed E-state index contributed by atoms with van der Waals surface area (Å²) in [5.74, 6) is 0.793. The summed E-state index contributed by atoms with van der Waals surface area (Å²) in [6, 6.07) is 2.07. The van der Waals surface area contributed by atoms with E-state index in [4.69, 9.17) is 4.74 Å². The predicted molar refractivity (Wildman–Crippen MR) is 83.3 cm³/mol. The Morgan fingerprint density at radius 3 is 2.76 bits per heavy atom. The molecule has 1 atom stereocenters. The quantitative estimate of drug-likeness (QED) is 0.851. The van der Waals surface area contributed by atoms with Crippen molar-refractivity contribution in [2.45, 2.75) is 39.3 Å². The van der Waals surface area contributed by atoms with Gasteiger partial charge in [0.1, 0.15) is 5.75 Å². The zero-order valence-corrected chi connectivity index (χ0v) is 13.2. The Morgan fingerprint density at radius 1 is 1.33 bits per heavy atom. The molecule has 0 radical (unpaired) electrons. The van der Waals surface area contributed by atoms with E-state index in [1.165, 1.54) is 0 Å². The van der Waals surface area contributed by atoms with E-state index in [-0.39, 0.29) is 12.1 Å². The topological polar surface area (TPSA) is 52.0 Å². The van der Waals surface area contributed by atoms with Crippen LogP contribution in [0.25, 0.3) is 0 Å². The van der Waals surface area contributed by atoms with Crippen LogP contribution < -0.4 is 10.1 Å². The molecule has 5 heteroatoms. The molecular weight excluding hydrogens is 264 g/mol. The molecule has 0 aliphatic carbocycles. The summed E-state index contributed by atoms with van der Waals surface area (Å²) < 4.78 is 7.69. The highest BCUT2D eigenvalue weighted by Gasteiger charge is 2.17. The number of aryl methyl sites for hydroxylation is 1. The van der Waals surface area contributed by atoms with Gasteiger partial charge in [-0.05, 0) is 38.4 Å². The molecule has 21 heavy (non-hydrogen) atoms. The first-order valence-electron chi connectivity index (χ1n) is 7.43. The van der Waals surface area contributed by atoms with Crippen LogP contribution in [-0.2, 0) is 7.05 Å². The minimum Gasteiger partial charge on any atom is -0.489 e. The molecule has 5 nitrogen and oxygen atoms in total. The number of nitrogens with one attached hydrogen (secondary N) is 1. The molecule has 1 unspecified atom stereocenters. The molecule has 2 aromatic heterocycles. The van der Waals surface area contributed by atoms with Crippen molar-refractivity contribution in [3.8, 4) is 5.75 Å². The fourth-order valence-electron chi connectivity index (χ4n) is 2.19. The summed E-state index contributed by atoms with van der Waals surface area (Å²) in [5.41, 5.74) is 2.06. The average molecular weight is 288 g/mol. The standard InChI is InChI=1S/C16H24N4O/c1-5-6-18-16(15-10-20(4)11-19-15)13-7-14(9-17-8-13)21-12(2)3/h7-12,16,18H,5-6H2,1-4H3. The maximum atomic E-state index is 5.73. The number of rotatable bonds is 7. The van der Waals surface area contributed by atoms with E-state index in [2.05, 4.69) is 22.2 Å². The molecule has 2 heterocycles. The molecule has 0 saturated heterocycles. The molecule has 114 valence electrons. The van der Waals surface area contributed by atoms with Crippen LogP contribution >= 0.6 is 0 Å². The van der Waals surface area contributed by atoms with Crippen LogP contribution in [0.15, 0.2) is 31.0 Å². The van der Waals surface area contributed by atoms with Crippen LogP contribution in [0.4, 0.5) is 0 Å². The summed E-state index contributed by atoms with van der Waals surface area (Å²) in [4.78, 5) is 8.77. The first kappa shape index (κ1) is 15.5. The summed E-state index contributed by atoms with van der Waals surface area (Å²) in [5, 5.41) is 3.52. The Kier molecular flexibility index (Phi) is 5.33. The Labute approximate surface area is 126 Å². The van der Waals surface area contributed by atoms with Gasteiger partial charge < -0.3 is 14.6 Å². The third-order valence-corrected chi connectivity index (χ3v) is 3.06. The van der Waals surface area contributed by atoms with E-state index in [0.717, 1.165) is 30.0 Å². The fourth-order valence-corrected chi connectivity index (χ4v) is 2.19. The van der Waals surface area contributed by atoms with Gasteiger partial charge in [-0.25, -0.2) is 4.98 Å². The predicted octanol–water partition coefficient (Wildman–Crippen LogP) is 2.69. The van der Waals surface area contributed by atoms with Crippen LogP contribution in [0.3, 0.4) is 0 Å². The first-order valence-corrected chi connectivity index (χ1v) is 7.43. The molecular formula is C16H24N4O. The second-order valence-corrected chi connectivity index (χ2v) is 5.47. The van der Waals surface area contributed by atoms with Crippen LogP contribution in [0.5, 0.6) is 5.75 Å². The van der Waals surface area contributed by atoms with E-state index in [1.807, 2.05) is 50.2 Å². The highest BCUT2D eigenvalue weighted by molar-refractivity contribution is 5.31. The smallest absolute Gasteiger partial charge is 0.138 e.